The number of halogens is 1. The molecule has 8 heteroatoms. The molecule has 1 aliphatic heterocycles. The van der Waals surface area contributed by atoms with Crippen LogP contribution in [0, 0.1) is 6.92 Å². The number of rotatable bonds is 5. The van der Waals surface area contributed by atoms with E-state index in [0.29, 0.717) is 22.1 Å². The number of carbonyl (C=O) groups excluding carboxylic acids is 3. The van der Waals surface area contributed by atoms with E-state index in [1.165, 1.54) is 0 Å². The van der Waals surface area contributed by atoms with Crippen LogP contribution in [0.25, 0.3) is 0 Å². The van der Waals surface area contributed by atoms with Gasteiger partial charge in [-0.1, -0.05) is 23.7 Å². The van der Waals surface area contributed by atoms with E-state index in [4.69, 9.17) is 16.3 Å². The van der Waals surface area contributed by atoms with Crippen molar-refractivity contribution in [3.8, 4) is 5.75 Å². The molecule has 0 saturated carbocycles. The highest BCUT2D eigenvalue weighted by Crippen LogP contribution is 2.28. The SMILES string of the molecule is Cc1cc(Cl)ccc1OCC(=O)Nc1ccccc1N1C(=O)NC(C)C1=O. The van der Waals surface area contributed by atoms with Gasteiger partial charge in [0.25, 0.3) is 11.8 Å². The van der Waals surface area contributed by atoms with E-state index in [-0.39, 0.29) is 12.5 Å². The molecule has 2 aromatic rings. The molecule has 1 aliphatic rings. The van der Waals surface area contributed by atoms with Gasteiger partial charge in [0.1, 0.15) is 11.8 Å². The molecule has 7 nitrogen and oxygen atoms in total. The fourth-order valence-electron chi connectivity index (χ4n) is 2.71. The van der Waals surface area contributed by atoms with Gasteiger partial charge < -0.3 is 15.4 Å². The highest BCUT2D eigenvalue weighted by atomic mass is 35.5. The number of aryl methyl sites for hydroxylation is 1. The minimum Gasteiger partial charge on any atom is -0.483 e. The van der Waals surface area contributed by atoms with Crippen LogP contribution in [-0.4, -0.2) is 30.5 Å². The van der Waals surface area contributed by atoms with E-state index in [2.05, 4.69) is 10.6 Å². The summed E-state index contributed by atoms with van der Waals surface area (Å²) in [6.07, 6.45) is 0. The zero-order valence-corrected chi connectivity index (χ0v) is 15.5. The number of amides is 4. The van der Waals surface area contributed by atoms with E-state index in [0.717, 1.165) is 10.5 Å². The van der Waals surface area contributed by atoms with Gasteiger partial charge in [0.15, 0.2) is 6.61 Å². The summed E-state index contributed by atoms with van der Waals surface area (Å²) in [5, 5.41) is 5.81. The van der Waals surface area contributed by atoms with Gasteiger partial charge in [0.05, 0.1) is 11.4 Å². The molecular weight excluding hydrogens is 370 g/mol. The maximum absolute atomic E-state index is 12.3. The maximum Gasteiger partial charge on any atom is 0.329 e. The molecule has 0 bridgehead atoms. The van der Waals surface area contributed by atoms with E-state index < -0.39 is 18.0 Å². The average Bonchev–Trinajstić information content (AvgIpc) is 2.87. The summed E-state index contributed by atoms with van der Waals surface area (Å²) >= 11 is 5.90. The Bertz CT molecular complexity index is 916. The molecule has 1 fully saturated rings. The molecule has 1 atom stereocenters. The Morgan fingerprint density at radius 1 is 1.26 bits per heavy atom. The Hall–Kier alpha value is -3.06. The number of hydrogen-bond acceptors (Lipinski definition) is 4. The van der Waals surface area contributed by atoms with Crippen LogP contribution < -0.4 is 20.3 Å². The lowest BCUT2D eigenvalue weighted by molar-refractivity contribution is -0.119. The van der Waals surface area contributed by atoms with Crippen LogP contribution >= 0.6 is 11.6 Å². The van der Waals surface area contributed by atoms with Crippen molar-refractivity contribution < 1.29 is 19.1 Å². The summed E-state index contributed by atoms with van der Waals surface area (Å²) in [5.74, 6) is -0.252. The Morgan fingerprint density at radius 3 is 2.67 bits per heavy atom. The summed E-state index contributed by atoms with van der Waals surface area (Å²) in [4.78, 5) is 37.6. The normalized spacial score (nSPS) is 16.3. The average molecular weight is 388 g/mol. The number of nitrogens with zero attached hydrogens (tertiary/aromatic N) is 1. The largest absolute Gasteiger partial charge is 0.483 e. The lowest BCUT2D eigenvalue weighted by atomic mass is 10.2. The highest BCUT2D eigenvalue weighted by Gasteiger charge is 2.37. The molecule has 27 heavy (non-hydrogen) atoms. The van der Waals surface area contributed by atoms with E-state index in [1.807, 2.05) is 6.92 Å². The molecule has 4 amide bonds. The molecule has 1 unspecified atom stereocenters. The molecule has 1 saturated heterocycles. The van der Waals surface area contributed by atoms with Gasteiger partial charge >= 0.3 is 6.03 Å². The predicted octanol–water partition coefficient (Wildman–Crippen LogP) is 3.11. The molecule has 140 valence electrons. The Kier molecular flexibility index (Phi) is 5.32. The number of ether oxygens (including phenoxy) is 1. The quantitative estimate of drug-likeness (QED) is 0.771. The third kappa shape index (κ3) is 4.03. The maximum atomic E-state index is 12.3. The Labute approximate surface area is 161 Å². The Morgan fingerprint density at radius 2 is 2.00 bits per heavy atom. The van der Waals surface area contributed by atoms with Crippen molar-refractivity contribution in [3.63, 3.8) is 0 Å². The molecule has 0 spiro atoms. The molecule has 0 aliphatic carbocycles. The van der Waals surface area contributed by atoms with Gasteiger partial charge in [-0.05, 0) is 49.7 Å². The summed E-state index contributed by atoms with van der Waals surface area (Å²) in [5.41, 5.74) is 1.46. The summed E-state index contributed by atoms with van der Waals surface area (Å²) in [6, 6.07) is 10.6. The number of imide groups is 1. The molecule has 2 aromatic carbocycles. The molecule has 3 rings (SSSR count). The fraction of sp³-hybridized carbons (Fsp3) is 0.211. The van der Waals surface area contributed by atoms with Crippen LogP contribution in [-0.2, 0) is 9.59 Å². The molecule has 0 aromatic heterocycles. The third-order valence-electron chi connectivity index (χ3n) is 4.05. The molecule has 2 N–H and O–H groups in total. The van der Waals surface area contributed by atoms with Crippen LogP contribution in [0.4, 0.5) is 16.2 Å². The monoisotopic (exact) mass is 387 g/mol. The van der Waals surface area contributed by atoms with Crippen LogP contribution in [0.2, 0.25) is 5.02 Å². The number of carbonyl (C=O) groups is 3. The third-order valence-corrected chi connectivity index (χ3v) is 4.28. The second-order valence-corrected chi connectivity index (χ2v) is 6.55. The van der Waals surface area contributed by atoms with Crippen molar-refractivity contribution in [1.82, 2.24) is 5.32 Å². The first-order valence-electron chi connectivity index (χ1n) is 8.29. The number of urea groups is 1. The van der Waals surface area contributed by atoms with Crippen molar-refractivity contribution in [1.29, 1.82) is 0 Å². The summed E-state index contributed by atoms with van der Waals surface area (Å²) in [6.45, 7) is 3.20. The first-order valence-corrected chi connectivity index (χ1v) is 8.67. The number of nitrogens with one attached hydrogen (secondary N) is 2. The second kappa shape index (κ2) is 7.67. The molecule has 0 radical (unpaired) electrons. The van der Waals surface area contributed by atoms with Crippen LogP contribution in [0.1, 0.15) is 12.5 Å². The van der Waals surface area contributed by atoms with Crippen LogP contribution in [0.15, 0.2) is 42.5 Å². The van der Waals surface area contributed by atoms with Crippen LogP contribution in [0.5, 0.6) is 5.75 Å². The van der Waals surface area contributed by atoms with Gasteiger partial charge in [0, 0.05) is 5.02 Å². The van der Waals surface area contributed by atoms with E-state index >= 15 is 0 Å². The van der Waals surface area contributed by atoms with Gasteiger partial charge in [-0.2, -0.15) is 0 Å². The lowest BCUT2D eigenvalue weighted by Crippen LogP contribution is -2.32. The van der Waals surface area contributed by atoms with Crippen molar-refractivity contribution in [2.75, 3.05) is 16.8 Å². The smallest absolute Gasteiger partial charge is 0.329 e. The fourth-order valence-corrected chi connectivity index (χ4v) is 2.94. The topological polar surface area (TPSA) is 87.7 Å². The Balaban J connectivity index is 1.72. The van der Waals surface area contributed by atoms with E-state index in [9.17, 15) is 14.4 Å². The predicted molar refractivity (Wildman–Crippen MR) is 102 cm³/mol. The summed E-state index contributed by atoms with van der Waals surface area (Å²) < 4.78 is 5.52. The zero-order chi connectivity index (χ0) is 19.6. The van der Waals surface area contributed by atoms with Crippen molar-refractivity contribution in [3.05, 3.63) is 53.1 Å². The minimum atomic E-state index is -0.613. The first kappa shape index (κ1) is 18.7. The number of para-hydroxylation sites is 2. The van der Waals surface area contributed by atoms with Crippen LogP contribution in [0.3, 0.4) is 0 Å². The van der Waals surface area contributed by atoms with Gasteiger partial charge in [-0.3, -0.25) is 9.59 Å². The van der Waals surface area contributed by atoms with E-state index in [1.54, 1.807) is 49.4 Å². The molecule has 1 heterocycles. The standard InChI is InChI=1S/C19H18ClN3O4/c1-11-9-13(20)7-8-16(11)27-10-17(24)22-14-5-3-4-6-15(14)23-18(25)12(2)21-19(23)26/h3-9,12H,10H2,1-2H3,(H,21,26)(H,22,24). The van der Waals surface area contributed by atoms with Gasteiger partial charge in [-0.15, -0.1) is 0 Å². The van der Waals surface area contributed by atoms with Crippen molar-refractivity contribution in [2.24, 2.45) is 0 Å². The summed E-state index contributed by atoms with van der Waals surface area (Å²) in [7, 11) is 0. The minimum absolute atomic E-state index is 0.229. The van der Waals surface area contributed by atoms with Crippen molar-refractivity contribution in [2.45, 2.75) is 19.9 Å². The number of benzene rings is 2. The number of anilines is 2. The second-order valence-electron chi connectivity index (χ2n) is 6.11. The number of hydrogen-bond donors (Lipinski definition) is 2. The van der Waals surface area contributed by atoms with Gasteiger partial charge in [0.2, 0.25) is 0 Å². The molecular formula is C19H18ClN3O4. The first-order chi connectivity index (χ1) is 12.9. The lowest BCUT2D eigenvalue weighted by Gasteiger charge is -2.18. The van der Waals surface area contributed by atoms with Gasteiger partial charge in [-0.25, -0.2) is 9.69 Å². The zero-order valence-electron chi connectivity index (χ0n) is 14.8. The van der Waals surface area contributed by atoms with Crippen molar-refractivity contribution >= 4 is 40.8 Å². The highest BCUT2D eigenvalue weighted by molar-refractivity contribution is 6.30.